The van der Waals surface area contributed by atoms with Crippen LogP contribution in [0, 0.1) is 0 Å². The van der Waals surface area contributed by atoms with Crippen LogP contribution in [0.1, 0.15) is 0 Å². The van der Waals surface area contributed by atoms with Crippen LogP contribution >= 0.6 is 11.6 Å². The van der Waals surface area contributed by atoms with Gasteiger partial charge < -0.3 is 5.11 Å². The standard InChI is InChI=1S/C22H15ClN2O2/c23-19-7-3-4-8-20(19)24-21-14-9-15-5-1-2-6-18(15)22(27)25(21)16-10-12-17(26)13-11-16/h1-14,26H. The summed E-state index contributed by atoms with van der Waals surface area (Å²) in [7, 11) is 0. The number of aromatic nitrogens is 1. The van der Waals surface area contributed by atoms with E-state index in [-0.39, 0.29) is 11.3 Å². The van der Waals surface area contributed by atoms with Gasteiger partial charge in [-0.1, -0.05) is 48.0 Å². The van der Waals surface area contributed by atoms with E-state index in [1.165, 1.54) is 16.7 Å². The summed E-state index contributed by atoms with van der Waals surface area (Å²) in [6, 6.07) is 24.7. The molecule has 0 atom stereocenters. The van der Waals surface area contributed by atoms with E-state index in [4.69, 9.17) is 11.6 Å². The number of nitrogens with zero attached hydrogens (tertiary/aromatic N) is 2. The first kappa shape index (κ1) is 17.1. The van der Waals surface area contributed by atoms with Crippen LogP contribution in [0.5, 0.6) is 5.75 Å². The van der Waals surface area contributed by atoms with Gasteiger partial charge in [-0.05, 0) is 53.9 Å². The minimum absolute atomic E-state index is 0.126. The zero-order valence-electron chi connectivity index (χ0n) is 14.2. The molecule has 3 aromatic carbocycles. The van der Waals surface area contributed by atoms with Crippen LogP contribution in [-0.2, 0) is 0 Å². The molecule has 1 heterocycles. The second-order valence-corrected chi connectivity index (χ2v) is 6.41. The average Bonchev–Trinajstić information content (AvgIpc) is 2.82. The van der Waals surface area contributed by atoms with E-state index in [1.807, 2.05) is 36.4 Å². The number of benzene rings is 3. The molecule has 0 bridgehead atoms. The van der Waals surface area contributed by atoms with Gasteiger partial charge in [0.1, 0.15) is 11.2 Å². The molecule has 0 aliphatic heterocycles. The zero-order valence-corrected chi connectivity index (χ0v) is 15.0. The Hall–Kier alpha value is -3.37. The van der Waals surface area contributed by atoms with E-state index in [2.05, 4.69) is 4.99 Å². The maximum atomic E-state index is 13.3. The second kappa shape index (κ2) is 7.09. The van der Waals surface area contributed by atoms with Crippen molar-refractivity contribution in [3.63, 3.8) is 0 Å². The maximum Gasteiger partial charge on any atom is 0.264 e. The van der Waals surface area contributed by atoms with Crippen LogP contribution in [0.25, 0.3) is 16.5 Å². The molecule has 0 saturated heterocycles. The topological polar surface area (TPSA) is 54.6 Å². The van der Waals surface area contributed by atoms with Crippen molar-refractivity contribution >= 4 is 28.1 Å². The smallest absolute Gasteiger partial charge is 0.264 e. The Kier molecular flexibility index (Phi) is 4.48. The third kappa shape index (κ3) is 3.35. The van der Waals surface area contributed by atoms with Gasteiger partial charge in [-0.15, -0.1) is 0 Å². The molecule has 0 amide bonds. The van der Waals surface area contributed by atoms with E-state index in [0.29, 0.717) is 27.3 Å². The third-order valence-electron chi connectivity index (χ3n) is 4.23. The summed E-state index contributed by atoms with van der Waals surface area (Å²) in [6.07, 6.45) is 0. The molecule has 4 rings (SSSR count). The van der Waals surface area contributed by atoms with Gasteiger partial charge in [0, 0.05) is 5.39 Å². The fourth-order valence-electron chi connectivity index (χ4n) is 2.90. The summed E-state index contributed by atoms with van der Waals surface area (Å²) in [6.45, 7) is 0. The third-order valence-corrected chi connectivity index (χ3v) is 4.55. The van der Waals surface area contributed by atoms with Crippen LogP contribution in [0.2, 0.25) is 5.02 Å². The monoisotopic (exact) mass is 374 g/mol. The number of halogens is 1. The zero-order chi connectivity index (χ0) is 18.8. The lowest BCUT2D eigenvalue weighted by Gasteiger charge is -2.05. The molecule has 1 aromatic heterocycles. The van der Waals surface area contributed by atoms with Crippen LogP contribution in [0.15, 0.2) is 94.7 Å². The first-order chi connectivity index (χ1) is 13.1. The van der Waals surface area contributed by atoms with Crippen molar-refractivity contribution < 1.29 is 5.11 Å². The number of phenols is 1. The SMILES string of the molecule is O=c1c2ccccc2ccc(=Nc2ccccc2Cl)n1-c1ccc(O)cc1. The van der Waals surface area contributed by atoms with E-state index in [9.17, 15) is 9.90 Å². The predicted molar refractivity (Wildman–Crippen MR) is 108 cm³/mol. The van der Waals surface area contributed by atoms with E-state index in [1.54, 1.807) is 36.4 Å². The molecule has 4 aromatic rings. The van der Waals surface area contributed by atoms with Gasteiger partial charge in [0.25, 0.3) is 5.56 Å². The van der Waals surface area contributed by atoms with Crippen molar-refractivity contribution in [1.29, 1.82) is 0 Å². The van der Waals surface area contributed by atoms with Crippen molar-refractivity contribution in [3.8, 4) is 11.4 Å². The van der Waals surface area contributed by atoms with Gasteiger partial charge >= 0.3 is 0 Å². The lowest BCUT2D eigenvalue weighted by atomic mass is 10.2. The fraction of sp³-hybridized carbons (Fsp3) is 0. The molecular weight excluding hydrogens is 360 g/mol. The number of hydrogen-bond donors (Lipinski definition) is 1. The number of para-hydroxylation sites is 1. The quantitative estimate of drug-likeness (QED) is 0.558. The summed E-state index contributed by atoms with van der Waals surface area (Å²) >= 11 is 6.26. The lowest BCUT2D eigenvalue weighted by Crippen LogP contribution is -2.28. The summed E-state index contributed by atoms with van der Waals surface area (Å²) in [5.74, 6) is 0.126. The molecule has 132 valence electrons. The van der Waals surface area contributed by atoms with Gasteiger partial charge in [0.2, 0.25) is 0 Å². The molecule has 4 nitrogen and oxygen atoms in total. The Labute approximate surface area is 160 Å². The molecule has 5 heteroatoms. The van der Waals surface area contributed by atoms with Crippen LogP contribution in [-0.4, -0.2) is 9.67 Å². The molecule has 0 saturated carbocycles. The van der Waals surface area contributed by atoms with Crippen molar-refractivity contribution in [2.45, 2.75) is 0 Å². The predicted octanol–water partition coefficient (Wildman–Crippen LogP) is 4.58. The van der Waals surface area contributed by atoms with Crippen molar-refractivity contribution in [1.82, 2.24) is 4.57 Å². The molecular formula is C22H15ClN2O2. The summed E-state index contributed by atoms with van der Waals surface area (Å²) < 4.78 is 1.52. The highest BCUT2D eigenvalue weighted by atomic mass is 35.5. The minimum Gasteiger partial charge on any atom is -0.508 e. The van der Waals surface area contributed by atoms with Gasteiger partial charge in [-0.2, -0.15) is 0 Å². The maximum absolute atomic E-state index is 13.3. The fourth-order valence-corrected chi connectivity index (χ4v) is 3.08. The summed E-state index contributed by atoms with van der Waals surface area (Å²) in [4.78, 5) is 17.9. The first-order valence-electron chi connectivity index (χ1n) is 8.37. The van der Waals surface area contributed by atoms with Crippen molar-refractivity contribution in [3.05, 3.63) is 106 Å². The molecule has 0 spiro atoms. The molecule has 0 unspecified atom stereocenters. The van der Waals surface area contributed by atoms with E-state index >= 15 is 0 Å². The largest absolute Gasteiger partial charge is 0.508 e. The Morgan fingerprint density at radius 2 is 1.52 bits per heavy atom. The van der Waals surface area contributed by atoms with Gasteiger partial charge in [0.15, 0.2) is 0 Å². The van der Waals surface area contributed by atoms with Crippen molar-refractivity contribution in [2.24, 2.45) is 4.99 Å². The molecule has 0 radical (unpaired) electrons. The molecule has 1 N–H and O–H groups in total. The molecule has 0 aliphatic carbocycles. The molecule has 27 heavy (non-hydrogen) atoms. The normalized spacial score (nSPS) is 11.7. The Morgan fingerprint density at radius 1 is 0.815 bits per heavy atom. The number of phenolic OH excluding ortho intramolecular Hbond substituents is 1. The highest BCUT2D eigenvalue weighted by Gasteiger charge is 2.07. The number of fused-ring (bicyclic) bond motifs is 1. The van der Waals surface area contributed by atoms with Crippen LogP contribution < -0.4 is 11.0 Å². The first-order valence-corrected chi connectivity index (χ1v) is 8.75. The molecule has 0 fully saturated rings. The van der Waals surface area contributed by atoms with E-state index < -0.39 is 0 Å². The molecule has 0 aliphatic rings. The van der Waals surface area contributed by atoms with Crippen LogP contribution in [0.4, 0.5) is 5.69 Å². The number of hydrogen-bond acceptors (Lipinski definition) is 3. The van der Waals surface area contributed by atoms with Gasteiger partial charge in [-0.25, -0.2) is 4.99 Å². The van der Waals surface area contributed by atoms with E-state index in [0.717, 1.165) is 5.39 Å². The number of aromatic hydroxyl groups is 1. The number of rotatable bonds is 2. The average molecular weight is 375 g/mol. The van der Waals surface area contributed by atoms with Gasteiger partial charge in [0.05, 0.1) is 16.4 Å². The minimum atomic E-state index is -0.202. The van der Waals surface area contributed by atoms with Crippen molar-refractivity contribution in [2.75, 3.05) is 0 Å². The summed E-state index contributed by atoms with van der Waals surface area (Å²) in [5, 5.41) is 11.5. The Balaban J connectivity index is 2.15. The highest BCUT2D eigenvalue weighted by molar-refractivity contribution is 6.32. The second-order valence-electron chi connectivity index (χ2n) is 6.00. The van der Waals surface area contributed by atoms with Gasteiger partial charge in [-0.3, -0.25) is 9.36 Å². The Bertz CT molecular complexity index is 1260. The summed E-state index contributed by atoms with van der Waals surface area (Å²) in [5.41, 5.74) is 1.41. The lowest BCUT2D eigenvalue weighted by molar-refractivity contribution is 0.475. The Morgan fingerprint density at radius 3 is 2.30 bits per heavy atom. The van der Waals surface area contributed by atoms with Crippen LogP contribution in [0.3, 0.4) is 0 Å². The highest BCUT2D eigenvalue weighted by Crippen LogP contribution is 2.23.